The molecule has 2 aromatic carbocycles. The number of hydrogen-bond acceptors (Lipinski definition) is 3. The van der Waals surface area contributed by atoms with Crippen molar-refractivity contribution >= 4 is 28.3 Å². The van der Waals surface area contributed by atoms with Gasteiger partial charge in [0.1, 0.15) is 0 Å². The first kappa shape index (κ1) is 13.9. The summed E-state index contributed by atoms with van der Waals surface area (Å²) < 4.78 is 0. The van der Waals surface area contributed by atoms with Crippen LogP contribution in [-0.2, 0) is 4.79 Å². The van der Waals surface area contributed by atoms with Crippen LogP contribution in [-0.4, -0.2) is 24.9 Å². The van der Waals surface area contributed by atoms with Crippen LogP contribution in [0.2, 0.25) is 0 Å². The van der Waals surface area contributed by atoms with Crippen LogP contribution < -0.4 is 16.4 Å². The molecule has 0 saturated heterocycles. The zero-order chi connectivity index (χ0) is 14.5. The Kier molecular flexibility index (Phi) is 4.20. The highest BCUT2D eigenvalue weighted by molar-refractivity contribution is 6.03. The molecule has 0 aromatic heterocycles. The molecule has 104 valence electrons. The van der Waals surface area contributed by atoms with Gasteiger partial charge >= 0.3 is 0 Å². The Morgan fingerprint density at radius 3 is 2.30 bits per heavy atom. The fourth-order valence-electron chi connectivity index (χ4n) is 1.96. The average molecular weight is 271 g/mol. The maximum atomic E-state index is 12.1. The molecule has 0 aliphatic heterocycles. The Hall–Kier alpha value is -2.56. The number of anilines is 1. The summed E-state index contributed by atoms with van der Waals surface area (Å²) in [5.74, 6) is -0.358. The third-order valence-electron chi connectivity index (χ3n) is 2.95. The van der Waals surface area contributed by atoms with Crippen LogP contribution in [0.25, 0.3) is 10.8 Å². The predicted molar refractivity (Wildman–Crippen MR) is 79.4 cm³/mol. The van der Waals surface area contributed by atoms with Gasteiger partial charge in [-0.1, -0.05) is 24.3 Å². The third kappa shape index (κ3) is 3.26. The highest BCUT2D eigenvalue weighted by Gasteiger charge is 2.10. The van der Waals surface area contributed by atoms with E-state index in [0.29, 0.717) is 24.3 Å². The lowest BCUT2D eigenvalue weighted by Gasteiger charge is -2.09. The second-order valence-electron chi connectivity index (χ2n) is 4.53. The number of hydrogen-bond donors (Lipinski definition) is 3. The molecule has 2 amide bonds. The molecule has 0 aliphatic rings. The molecule has 4 N–H and O–H groups in total. The summed E-state index contributed by atoms with van der Waals surface area (Å²) in [4.78, 5) is 22.8. The van der Waals surface area contributed by atoms with Gasteiger partial charge in [0.15, 0.2) is 0 Å². The normalized spacial score (nSPS) is 10.2. The molecule has 0 aliphatic carbocycles. The minimum Gasteiger partial charge on any atom is -0.398 e. The number of amides is 2. The fourth-order valence-corrected chi connectivity index (χ4v) is 1.96. The van der Waals surface area contributed by atoms with Crippen molar-refractivity contribution in [1.82, 2.24) is 10.6 Å². The Balaban J connectivity index is 2.09. The zero-order valence-electron chi connectivity index (χ0n) is 11.3. The number of benzene rings is 2. The molecular weight excluding hydrogens is 254 g/mol. The van der Waals surface area contributed by atoms with Crippen molar-refractivity contribution in [2.24, 2.45) is 0 Å². The third-order valence-corrected chi connectivity index (χ3v) is 2.95. The second kappa shape index (κ2) is 6.06. The van der Waals surface area contributed by atoms with Crippen molar-refractivity contribution in [3.63, 3.8) is 0 Å². The Labute approximate surface area is 117 Å². The fraction of sp³-hybridized carbons (Fsp3) is 0.200. The average Bonchev–Trinajstić information content (AvgIpc) is 2.42. The summed E-state index contributed by atoms with van der Waals surface area (Å²) in [5.41, 5.74) is 6.81. The van der Waals surface area contributed by atoms with Gasteiger partial charge in [-0.2, -0.15) is 0 Å². The summed E-state index contributed by atoms with van der Waals surface area (Å²) in [6.07, 6.45) is 0. The lowest BCUT2D eigenvalue weighted by molar-refractivity contribution is -0.118. The van der Waals surface area contributed by atoms with Crippen LogP contribution in [0.3, 0.4) is 0 Å². The number of nitrogens with two attached hydrogens (primary N) is 1. The SMILES string of the molecule is CC(=O)NCCNC(=O)c1cc2ccccc2cc1N. The second-order valence-corrected chi connectivity index (χ2v) is 4.53. The number of rotatable bonds is 4. The van der Waals surface area contributed by atoms with E-state index >= 15 is 0 Å². The molecule has 0 unspecified atom stereocenters. The van der Waals surface area contributed by atoms with E-state index in [1.165, 1.54) is 6.92 Å². The summed E-state index contributed by atoms with van der Waals surface area (Å²) in [6, 6.07) is 11.3. The molecule has 2 aromatic rings. The van der Waals surface area contributed by atoms with Gasteiger partial charge in [-0.05, 0) is 22.9 Å². The van der Waals surface area contributed by atoms with Crippen LogP contribution >= 0.6 is 0 Å². The van der Waals surface area contributed by atoms with Crippen molar-refractivity contribution in [2.75, 3.05) is 18.8 Å². The first-order valence-electron chi connectivity index (χ1n) is 6.39. The molecule has 2 rings (SSSR count). The van der Waals surface area contributed by atoms with Gasteiger partial charge in [0.25, 0.3) is 5.91 Å². The van der Waals surface area contributed by atoms with E-state index in [2.05, 4.69) is 10.6 Å². The predicted octanol–water partition coefficient (Wildman–Crippen LogP) is 1.29. The lowest BCUT2D eigenvalue weighted by Crippen LogP contribution is -2.33. The maximum Gasteiger partial charge on any atom is 0.253 e. The molecule has 0 radical (unpaired) electrons. The number of nitrogen functional groups attached to an aromatic ring is 1. The van der Waals surface area contributed by atoms with Crippen molar-refractivity contribution in [2.45, 2.75) is 6.92 Å². The summed E-state index contributed by atoms with van der Waals surface area (Å²) in [6.45, 7) is 2.20. The highest BCUT2D eigenvalue weighted by Crippen LogP contribution is 2.21. The monoisotopic (exact) mass is 271 g/mol. The van der Waals surface area contributed by atoms with Gasteiger partial charge in [-0.25, -0.2) is 0 Å². The molecule has 20 heavy (non-hydrogen) atoms. The Morgan fingerprint density at radius 2 is 1.65 bits per heavy atom. The van der Waals surface area contributed by atoms with Crippen LogP contribution in [0.1, 0.15) is 17.3 Å². The smallest absolute Gasteiger partial charge is 0.253 e. The van der Waals surface area contributed by atoms with E-state index in [0.717, 1.165) is 10.8 Å². The first-order valence-corrected chi connectivity index (χ1v) is 6.39. The topological polar surface area (TPSA) is 84.2 Å². The molecule has 0 heterocycles. The van der Waals surface area contributed by atoms with Gasteiger partial charge < -0.3 is 16.4 Å². The van der Waals surface area contributed by atoms with Crippen molar-refractivity contribution in [1.29, 1.82) is 0 Å². The van der Waals surface area contributed by atoms with Crippen LogP contribution in [0.4, 0.5) is 5.69 Å². The van der Waals surface area contributed by atoms with Gasteiger partial charge in [0, 0.05) is 25.7 Å². The van der Waals surface area contributed by atoms with Crippen LogP contribution in [0.15, 0.2) is 36.4 Å². The quantitative estimate of drug-likeness (QED) is 0.578. The van der Waals surface area contributed by atoms with E-state index in [1.54, 1.807) is 12.1 Å². The molecular formula is C15H17N3O2. The van der Waals surface area contributed by atoms with E-state index < -0.39 is 0 Å². The van der Waals surface area contributed by atoms with Gasteiger partial charge in [0.05, 0.1) is 5.56 Å². The van der Waals surface area contributed by atoms with E-state index in [1.807, 2.05) is 24.3 Å². The van der Waals surface area contributed by atoms with Crippen LogP contribution in [0.5, 0.6) is 0 Å². The molecule has 0 spiro atoms. The van der Waals surface area contributed by atoms with Crippen LogP contribution in [0, 0.1) is 0 Å². The summed E-state index contributed by atoms with van der Waals surface area (Å²) >= 11 is 0. The largest absolute Gasteiger partial charge is 0.398 e. The molecule has 0 fully saturated rings. The molecule has 0 bridgehead atoms. The van der Waals surface area contributed by atoms with E-state index in [4.69, 9.17) is 5.73 Å². The summed E-state index contributed by atoms with van der Waals surface area (Å²) in [5, 5.41) is 7.30. The molecule has 0 saturated carbocycles. The first-order chi connectivity index (χ1) is 9.58. The molecule has 0 atom stereocenters. The molecule has 5 nitrogen and oxygen atoms in total. The van der Waals surface area contributed by atoms with Crippen molar-refractivity contribution in [3.8, 4) is 0 Å². The number of carbonyl (C=O) groups excluding carboxylic acids is 2. The number of fused-ring (bicyclic) bond motifs is 1. The highest BCUT2D eigenvalue weighted by atomic mass is 16.2. The van der Waals surface area contributed by atoms with Gasteiger partial charge in [0.2, 0.25) is 5.91 Å². The van der Waals surface area contributed by atoms with Gasteiger partial charge in [-0.3, -0.25) is 9.59 Å². The number of carbonyl (C=O) groups is 2. The van der Waals surface area contributed by atoms with E-state index in [-0.39, 0.29) is 11.8 Å². The van der Waals surface area contributed by atoms with Crippen molar-refractivity contribution < 1.29 is 9.59 Å². The lowest BCUT2D eigenvalue weighted by atomic mass is 10.0. The summed E-state index contributed by atoms with van der Waals surface area (Å²) in [7, 11) is 0. The van der Waals surface area contributed by atoms with Crippen molar-refractivity contribution in [3.05, 3.63) is 42.0 Å². The Morgan fingerprint density at radius 1 is 1.05 bits per heavy atom. The minimum absolute atomic E-state index is 0.121. The maximum absolute atomic E-state index is 12.1. The van der Waals surface area contributed by atoms with Gasteiger partial charge in [-0.15, -0.1) is 0 Å². The van der Waals surface area contributed by atoms with E-state index in [9.17, 15) is 9.59 Å². The standard InChI is InChI=1S/C15H17N3O2/c1-10(19)17-6-7-18-15(20)13-8-11-4-2-3-5-12(11)9-14(13)16/h2-5,8-9H,6-7,16H2,1H3,(H,17,19)(H,18,20). The Bertz CT molecular complexity index is 653. The molecule has 5 heteroatoms. The minimum atomic E-state index is -0.237. The number of nitrogens with one attached hydrogen (secondary N) is 2. The zero-order valence-corrected chi connectivity index (χ0v) is 11.3.